The maximum atomic E-state index is 8.60. The summed E-state index contributed by atoms with van der Waals surface area (Å²) in [6, 6.07) is 5.78. The zero-order valence-electron chi connectivity index (χ0n) is 9.46. The van der Waals surface area contributed by atoms with E-state index in [9.17, 15) is 0 Å². The molecule has 6 heteroatoms. The zero-order chi connectivity index (χ0) is 12.1. The largest absolute Gasteiger partial charge is 0.370 e. The van der Waals surface area contributed by atoms with Crippen molar-refractivity contribution in [1.82, 2.24) is 19.7 Å². The van der Waals surface area contributed by atoms with Crippen molar-refractivity contribution in [3.63, 3.8) is 0 Å². The Morgan fingerprint density at radius 1 is 1.41 bits per heavy atom. The summed E-state index contributed by atoms with van der Waals surface area (Å²) in [7, 11) is 0. The Balaban J connectivity index is 2.06. The van der Waals surface area contributed by atoms with Gasteiger partial charge in [-0.25, -0.2) is 14.6 Å². The number of anilines is 1. The maximum absolute atomic E-state index is 8.60. The molecular formula is C11H12N6. The summed E-state index contributed by atoms with van der Waals surface area (Å²) in [6.07, 6.45) is 3.32. The predicted molar refractivity (Wildman–Crippen MR) is 62.2 cm³/mol. The lowest BCUT2D eigenvalue weighted by Crippen LogP contribution is -2.03. The number of hydrogen-bond donors (Lipinski definition) is 1. The molecule has 0 spiro atoms. The Bertz CT molecular complexity index is 522. The fourth-order valence-corrected chi connectivity index (χ4v) is 1.41. The summed E-state index contributed by atoms with van der Waals surface area (Å²) in [5.74, 6) is 1.04. The number of nitriles is 1. The fraction of sp³-hybridized carbons (Fsp3) is 0.273. The van der Waals surface area contributed by atoms with Crippen LogP contribution in [0.15, 0.2) is 24.7 Å². The van der Waals surface area contributed by atoms with Crippen molar-refractivity contribution in [2.75, 3.05) is 11.9 Å². The van der Waals surface area contributed by atoms with Crippen LogP contribution in [-0.4, -0.2) is 26.3 Å². The number of nitrogens with one attached hydrogen (secondary N) is 1. The van der Waals surface area contributed by atoms with E-state index in [2.05, 4.69) is 20.4 Å². The van der Waals surface area contributed by atoms with E-state index in [0.29, 0.717) is 6.54 Å². The molecule has 1 N–H and O–H groups in total. The third-order valence-electron chi connectivity index (χ3n) is 2.16. The van der Waals surface area contributed by atoms with Gasteiger partial charge in [0, 0.05) is 12.7 Å². The molecule has 0 bridgehead atoms. The standard InChI is InChI=1S/C11H12N6/c1-2-13-10-4-3-9(6-14-10)7-17-8-15-11(5-12)16-17/h3-4,6,8H,2,7H2,1H3,(H,13,14). The number of aromatic nitrogens is 4. The van der Waals surface area contributed by atoms with Crippen LogP contribution in [0.3, 0.4) is 0 Å². The van der Waals surface area contributed by atoms with Crippen LogP contribution in [0.2, 0.25) is 0 Å². The Morgan fingerprint density at radius 2 is 2.29 bits per heavy atom. The van der Waals surface area contributed by atoms with Crippen LogP contribution in [0.25, 0.3) is 0 Å². The third-order valence-corrected chi connectivity index (χ3v) is 2.16. The van der Waals surface area contributed by atoms with Crippen LogP contribution < -0.4 is 5.32 Å². The quantitative estimate of drug-likeness (QED) is 0.845. The molecule has 17 heavy (non-hydrogen) atoms. The minimum atomic E-state index is 0.183. The SMILES string of the molecule is CCNc1ccc(Cn2cnc(C#N)n2)cn1. The first-order valence-corrected chi connectivity index (χ1v) is 5.30. The molecule has 2 rings (SSSR count). The van der Waals surface area contributed by atoms with Crippen LogP contribution in [0.1, 0.15) is 18.3 Å². The van der Waals surface area contributed by atoms with Crippen LogP contribution in [0.5, 0.6) is 0 Å². The Hall–Kier alpha value is -2.42. The normalized spacial score (nSPS) is 9.88. The summed E-state index contributed by atoms with van der Waals surface area (Å²) in [6.45, 7) is 3.43. The van der Waals surface area contributed by atoms with Crippen molar-refractivity contribution in [3.8, 4) is 6.07 Å². The molecule has 0 amide bonds. The van der Waals surface area contributed by atoms with E-state index in [1.54, 1.807) is 10.9 Å². The lowest BCUT2D eigenvalue weighted by atomic mass is 10.3. The van der Waals surface area contributed by atoms with Gasteiger partial charge in [0.05, 0.1) is 6.54 Å². The van der Waals surface area contributed by atoms with E-state index in [1.807, 2.05) is 25.1 Å². The van der Waals surface area contributed by atoms with Crippen LogP contribution >= 0.6 is 0 Å². The Morgan fingerprint density at radius 3 is 2.88 bits per heavy atom. The molecule has 0 atom stereocenters. The molecule has 2 heterocycles. The molecular weight excluding hydrogens is 216 g/mol. The van der Waals surface area contributed by atoms with Gasteiger partial charge in [-0.15, -0.1) is 5.10 Å². The van der Waals surface area contributed by atoms with E-state index < -0.39 is 0 Å². The summed E-state index contributed by atoms with van der Waals surface area (Å²) in [5, 5.41) is 15.7. The van der Waals surface area contributed by atoms with Crippen LogP contribution in [0.4, 0.5) is 5.82 Å². The van der Waals surface area contributed by atoms with E-state index in [0.717, 1.165) is 17.9 Å². The summed E-state index contributed by atoms with van der Waals surface area (Å²) in [4.78, 5) is 8.09. The lowest BCUT2D eigenvalue weighted by molar-refractivity contribution is 0.680. The highest BCUT2D eigenvalue weighted by Gasteiger charge is 2.00. The van der Waals surface area contributed by atoms with E-state index in [1.165, 1.54) is 6.33 Å². The first-order valence-electron chi connectivity index (χ1n) is 5.30. The third kappa shape index (κ3) is 2.78. The first kappa shape index (κ1) is 11.1. The monoisotopic (exact) mass is 228 g/mol. The van der Waals surface area contributed by atoms with Crippen molar-refractivity contribution < 1.29 is 0 Å². The van der Waals surface area contributed by atoms with Crippen molar-refractivity contribution in [2.45, 2.75) is 13.5 Å². The average molecular weight is 228 g/mol. The highest BCUT2D eigenvalue weighted by atomic mass is 15.3. The zero-order valence-corrected chi connectivity index (χ0v) is 9.46. The molecule has 0 saturated heterocycles. The average Bonchev–Trinajstić information content (AvgIpc) is 2.80. The Labute approximate surface area is 98.9 Å². The molecule has 0 unspecified atom stereocenters. The molecule has 6 nitrogen and oxygen atoms in total. The van der Waals surface area contributed by atoms with Gasteiger partial charge in [0.1, 0.15) is 18.2 Å². The highest BCUT2D eigenvalue weighted by molar-refractivity contribution is 5.35. The molecule has 0 aliphatic heterocycles. The smallest absolute Gasteiger partial charge is 0.252 e. The van der Waals surface area contributed by atoms with Crippen molar-refractivity contribution >= 4 is 5.82 Å². The molecule has 86 valence electrons. The molecule has 0 fully saturated rings. The fourth-order valence-electron chi connectivity index (χ4n) is 1.41. The minimum absolute atomic E-state index is 0.183. The second kappa shape index (κ2) is 5.07. The summed E-state index contributed by atoms with van der Waals surface area (Å²) >= 11 is 0. The van der Waals surface area contributed by atoms with Crippen molar-refractivity contribution in [3.05, 3.63) is 36.0 Å². The van der Waals surface area contributed by atoms with E-state index >= 15 is 0 Å². The van der Waals surface area contributed by atoms with Gasteiger partial charge in [0.25, 0.3) is 5.82 Å². The highest BCUT2D eigenvalue weighted by Crippen LogP contribution is 2.06. The second-order valence-electron chi connectivity index (χ2n) is 3.46. The molecule has 2 aromatic rings. The second-order valence-corrected chi connectivity index (χ2v) is 3.46. The van der Waals surface area contributed by atoms with Gasteiger partial charge in [0.2, 0.25) is 0 Å². The number of nitrogens with zero attached hydrogens (tertiary/aromatic N) is 5. The summed E-state index contributed by atoms with van der Waals surface area (Å²) in [5.41, 5.74) is 1.01. The van der Waals surface area contributed by atoms with Crippen LogP contribution in [0, 0.1) is 11.3 Å². The number of hydrogen-bond acceptors (Lipinski definition) is 5. The maximum Gasteiger partial charge on any atom is 0.252 e. The van der Waals surface area contributed by atoms with E-state index in [-0.39, 0.29) is 5.82 Å². The molecule has 2 aromatic heterocycles. The topological polar surface area (TPSA) is 79.4 Å². The van der Waals surface area contributed by atoms with Gasteiger partial charge in [0.15, 0.2) is 0 Å². The van der Waals surface area contributed by atoms with Crippen molar-refractivity contribution in [1.29, 1.82) is 5.26 Å². The van der Waals surface area contributed by atoms with Crippen molar-refractivity contribution in [2.24, 2.45) is 0 Å². The van der Waals surface area contributed by atoms with Gasteiger partial charge < -0.3 is 5.32 Å². The van der Waals surface area contributed by atoms with Gasteiger partial charge in [-0.2, -0.15) is 5.26 Å². The predicted octanol–water partition coefficient (Wildman–Crippen LogP) is 1.02. The Kier molecular flexibility index (Phi) is 3.31. The number of rotatable bonds is 4. The minimum Gasteiger partial charge on any atom is -0.370 e. The van der Waals surface area contributed by atoms with Gasteiger partial charge in [-0.3, -0.25) is 0 Å². The molecule has 0 saturated carbocycles. The lowest BCUT2D eigenvalue weighted by Gasteiger charge is -2.03. The number of pyridine rings is 1. The molecule has 0 aliphatic carbocycles. The molecule has 0 radical (unpaired) electrons. The molecule has 0 aliphatic rings. The van der Waals surface area contributed by atoms with Crippen LogP contribution in [-0.2, 0) is 6.54 Å². The summed E-state index contributed by atoms with van der Waals surface area (Å²) < 4.78 is 1.61. The van der Waals surface area contributed by atoms with E-state index in [4.69, 9.17) is 5.26 Å². The first-order chi connectivity index (χ1) is 8.31. The molecule has 0 aromatic carbocycles. The van der Waals surface area contributed by atoms with Gasteiger partial charge >= 0.3 is 0 Å². The van der Waals surface area contributed by atoms with Gasteiger partial charge in [-0.05, 0) is 18.6 Å². The van der Waals surface area contributed by atoms with Gasteiger partial charge in [-0.1, -0.05) is 6.07 Å².